The predicted octanol–water partition coefficient (Wildman–Crippen LogP) is 8.87. The van der Waals surface area contributed by atoms with Crippen molar-refractivity contribution in [2.45, 2.75) is 88.2 Å². The lowest BCUT2D eigenvalue weighted by molar-refractivity contribution is -0.141. The number of likely N-dealkylation sites (N-methyl/N-ethyl adjacent to an activating group) is 1. The van der Waals surface area contributed by atoms with Crippen molar-refractivity contribution in [2.75, 3.05) is 45.0 Å². The number of para-hydroxylation sites is 1. The van der Waals surface area contributed by atoms with E-state index >= 15 is 0 Å². The molecule has 10 rings (SSSR count). The summed E-state index contributed by atoms with van der Waals surface area (Å²) in [6.07, 6.45) is 8.69. The molecule has 6 unspecified atom stereocenters. The largest absolute Gasteiger partial charge is 0.508 e. The summed E-state index contributed by atoms with van der Waals surface area (Å²) in [4.78, 5) is 17.6. The number of hydrogen-bond donors (Lipinski definition) is 5. The van der Waals surface area contributed by atoms with E-state index in [0.29, 0.717) is 41.6 Å². The van der Waals surface area contributed by atoms with Gasteiger partial charge in [-0.25, -0.2) is 4.98 Å². The average Bonchev–Trinajstić information content (AvgIpc) is 3.79. The van der Waals surface area contributed by atoms with Crippen molar-refractivity contribution >= 4 is 23.6 Å². The van der Waals surface area contributed by atoms with Crippen LogP contribution in [-0.2, 0) is 34.2 Å². The first kappa shape index (κ1) is 42.3. The minimum atomic E-state index is -0.644. The summed E-state index contributed by atoms with van der Waals surface area (Å²) in [5, 5.41) is 29.7. The van der Waals surface area contributed by atoms with Crippen molar-refractivity contribution in [3.8, 4) is 51.7 Å². The number of ether oxygens (including phenoxy) is 4. The van der Waals surface area contributed by atoms with Crippen molar-refractivity contribution < 1.29 is 34.0 Å². The highest BCUT2D eigenvalue weighted by atomic mass is 16.5. The number of nitrogens with two attached hydrogens (primary N) is 1. The summed E-state index contributed by atoms with van der Waals surface area (Å²) in [5.41, 5.74) is 17.6. The summed E-state index contributed by atoms with van der Waals surface area (Å²) in [5.74, 6) is 8.81. The number of rotatable bonds is 9. The van der Waals surface area contributed by atoms with Gasteiger partial charge in [0.05, 0.1) is 19.1 Å². The molecule has 11 heteroatoms. The van der Waals surface area contributed by atoms with E-state index in [1.54, 1.807) is 19.2 Å². The molecule has 3 aliphatic heterocycles. The first-order valence-electron chi connectivity index (χ1n) is 22.9. The zero-order valence-electron chi connectivity index (χ0n) is 37.4. The molecule has 65 heavy (non-hydrogen) atoms. The van der Waals surface area contributed by atoms with Crippen molar-refractivity contribution in [1.82, 2.24) is 10.3 Å². The Morgan fingerprint density at radius 2 is 1.89 bits per heavy atom. The number of carbonyl (C=O) groups excluding carboxylic acids is 1. The third kappa shape index (κ3) is 7.47. The number of phenols is 2. The molecule has 1 spiro atoms. The normalized spacial score (nSPS) is 23.0. The lowest BCUT2D eigenvalue weighted by atomic mass is 9.64. The van der Waals surface area contributed by atoms with Gasteiger partial charge in [-0.3, -0.25) is 4.79 Å². The summed E-state index contributed by atoms with van der Waals surface area (Å²) in [6, 6.07) is 22.1. The van der Waals surface area contributed by atoms with Crippen LogP contribution in [0.15, 0.2) is 72.8 Å². The molecule has 0 radical (unpaired) electrons. The molecule has 1 aromatic heterocycles. The third-order valence-electron chi connectivity index (χ3n) is 14.5. The van der Waals surface area contributed by atoms with Gasteiger partial charge in [-0.15, -0.1) is 0 Å². The van der Waals surface area contributed by atoms with E-state index in [1.807, 2.05) is 31.3 Å². The van der Waals surface area contributed by atoms with Gasteiger partial charge in [0.2, 0.25) is 0 Å². The number of nitrogens with zero attached hydrogens (tertiary/aromatic N) is 1. The zero-order chi connectivity index (χ0) is 45.0. The number of fused-ring (bicyclic) bond motifs is 9. The van der Waals surface area contributed by atoms with E-state index < -0.39 is 17.4 Å². The molecule has 6 atom stereocenters. The second kappa shape index (κ2) is 17.1. The van der Waals surface area contributed by atoms with E-state index in [9.17, 15) is 15.0 Å². The lowest BCUT2D eigenvalue weighted by Gasteiger charge is -2.39. The zero-order valence-corrected chi connectivity index (χ0v) is 37.4. The van der Waals surface area contributed by atoms with Gasteiger partial charge in [-0.1, -0.05) is 54.5 Å². The maximum atomic E-state index is 12.6. The predicted molar refractivity (Wildman–Crippen MR) is 252 cm³/mol. The molecule has 5 aliphatic rings. The molecular weight excluding hydrogens is 817 g/mol. The smallest absolute Gasteiger partial charge is 0.302 e. The van der Waals surface area contributed by atoms with Crippen LogP contribution in [0.25, 0.3) is 17.2 Å². The molecule has 2 aliphatic carbocycles. The van der Waals surface area contributed by atoms with Gasteiger partial charge in [0.1, 0.15) is 48.1 Å². The summed E-state index contributed by atoms with van der Waals surface area (Å²) >= 11 is 0. The van der Waals surface area contributed by atoms with E-state index in [4.69, 9.17) is 29.7 Å². The van der Waals surface area contributed by atoms with E-state index in [0.717, 1.165) is 94.6 Å². The van der Waals surface area contributed by atoms with Crippen molar-refractivity contribution in [3.05, 3.63) is 123 Å². The van der Waals surface area contributed by atoms with Gasteiger partial charge < -0.3 is 45.5 Å². The fraction of sp³-hybridized carbons (Fsp3) is 0.370. The number of anilines is 2. The molecule has 4 aromatic carbocycles. The maximum absolute atomic E-state index is 12.6. The van der Waals surface area contributed by atoms with Crippen LogP contribution >= 0.6 is 0 Å². The Bertz CT molecular complexity index is 2810. The molecule has 0 amide bonds. The molecule has 0 saturated heterocycles. The molecule has 6 N–H and O–H groups in total. The van der Waals surface area contributed by atoms with Crippen LogP contribution in [0.1, 0.15) is 108 Å². The van der Waals surface area contributed by atoms with Crippen LogP contribution in [0.5, 0.6) is 28.7 Å². The quantitative estimate of drug-likeness (QED) is 0.0712. The van der Waals surface area contributed by atoms with Gasteiger partial charge in [-0.2, -0.15) is 0 Å². The Labute approximate surface area is 380 Å². The Kier molecular flexibility index (Phi) is 11.1. The average molecular weight is 873 g/mol. The number of carbonyl (C=O) groups is 1. The number of esters is 1. The first-order chi connectivity index (χ1) is 31.6. The van der Waals surface area contributed by atoms with Gasteiger partial charge in [0, 0.05) is 64.9 Å². The van der Waals surface area contributed by atoms with E-state index in [-0.39, 0.29) is 48.4 Å². The van der Waals surface area contributed by atoms with Crippen LogP contribution in [0, 0.1) is 17.8 Å². The number of aryl methyl sites for hydroxylation is 1. The minimum absolute atomic E-state index is 0.00758. The monoisotopic (exact) mass is 872 g/mol. The number of pyridine rings is 1. The highest BCUT2D eigenvalue weighted by molar-refractivity contribution is 5.84. The Morgan fingerprint density at radius 1 is 1.05 bits per heavy atom. The van der Waals surface area contributed by atoms with Gasteiger partial charge in [-0.05, 0) is 122 Å². The van der Waals surface area contributed by atoms with Gasteiger partial charge in [0.25, 0.3) is 0 Å². The van der Waals surface area contributed by atoms with Crippen LogP contribution in [0.2, 0.25) is 0 Å². The van der Waals surface area contributed by atoms with Gasteiger partial charge >= 0.3 is 5.97 Å². The van der Waals surface area contributed by atoms with Crippen LogP contribution in [-0.4, -0.2) is 61.1 Å². The Hall–Kier alpha value is -6.64. The molecule has 1 saturated carbocycles. The Balaban J connectivity index is 1.23. The maximum Gasteiger partial charge on any atom is 0.302 e. The second-order valence-electron chi connectivity index (χ2n) is 18.3. The van der Waals surface area contributed by atoms with Crippen molar-refractivity contribution in [2.24, 2.45) is 5.92 Å². The number of aromatic nitrogens is 1. The first-order valence-corrected chi connectivity index (χ1v) is 22.9. The van der Waals surface area contributed by atoms with Crippen LogP contribution in [0.4, 0.5) is 11.5 Å². The molecular formula is C54H56N4O7. The number of hydrogen-bond acceptors (Lipinski definition) is 11. The molecule has 4 bridgehead atoms. The molecule has 4 heterocycles. The van der Waals surface area contributed by atoms with Gasteiger partial charge in [0.15, 0.2) is 11.5 Å². The SMILES string of the molecule is CCNc1ccccc1CCC1c2ccc(N)nc2C#CCc2cc(O)c3c(c2C2Oc4c(ccc5c4C4(CCC1C4)Cc1cc(O)cc(OC)c1-5)C2COC(C)=O)C=CC(NC)CO3. The highest BCUT2D eigenvalue weighted by Crippen LogP contribution is 2.64. The lowest BCUT2D eigenvalue weighted by Crippen LogP contribution is -2.31. The minimum Gasteiger partial charge on any atom is -0.508 e. The second-order valence-corrected chi connectivity index (χ2v) is 18.3. The number of benzene rings is 4. The molecule has 334 valence electrons. The molecule has 1 fully saturated rings. The third-order valence-corrected chi connectivity index (χ3v) is 14.5. The Morgan fingerprint density at radius 3 is 2.71 bits per heavy atom. The topological polar surface area (TPSA) is 157 Å². The van der Waals surface area contributed by atoms with Crippen molar-refractivity contribution in [3.63, 3.8) is 0 Å². The summed E-state index contributed by atoms with van der Waals surface area (Å²) < 4.78 is 25.9. The fourth-order valence-corrected chi connectivity index (χ4v) is 11.7. The molecule has 11 nitrogen and oxygen atoms in total. The summed E-state index contributed by atoms with van der Waals surface area (Å²) in [6.45, 7) is 4.77. The molecule has 5 aromatic rings. The number of nitrogen functional groups attached to an aromatic ring is 1. The number of nitrogens with one attached hydrogen (secondary N) is 2. The fourth-order valence-electron chi connectivity index (χ4n) is 11.7. The van der Waals surface area contributed by atoms with E-state index in [1.165, 1.54) is 12.5 Å². The number of phenolic OH excluding ortho intramolecular Hbond substituents is 2. The number of methoxy groups -OCH3 is 1. The van der Waals surface area contributed by atoms with E-state index in [2.05, 4.69) is 71.9 Å². The number of aromatic hydroxyl groups is 2. The van der Waals surface area contributed by atoms with Crippen molar-refractivity contribution in [1.29, 1.82) is 0 Å². The standard InChI is InChI=1S/C54H56N4O7/c1-5-57-43-11-7-6-9-31(43)13-15-37-33-21-22-54(26-33)27-34-23-36(60)25-46(62-4)48(34)40-18-17-39-42(29-63-30(2)59)52(65-53(39)50(40)54)49-32(10-8-12-44-38(37)19-20-47(55)58-44)24-45(61)51-41(49)16-14-35(56-3)28-64-51/h6-7,9,11,14,16-20,23-25,33,35,37,42,52,56-57,60-61H,5,10,13,15,21-22,26-29H2,1-4H3,(H2,55,58). The summed E-state index contributed by atoms with van der Waals surface area (Å²) in [7, 11) is 3.52. The highest BCUT2D eigenvalue weighted by Gasteiger charge is 2.52. The van der Waals surface area contributed by atoms with Crippen LogP contribution in [0.3, 0.4) is 0 Å². The van der Waals surface area contributed by atoms with Crippen LogP contribution < -0.4 is 30.6 Å².